The van der Waals surface area contributed by atoms with E-state index in [9.17, 15) is 9.59 Å². The maximum Gasteiger partial charge on any atom is 0.310 e. The molecule has 0 unspecified atom stereocenters. The van der Waals surface area contributed by atoms with Gasteiger partial charge in [-0.1, -0.05) is 61.3 Å². The van der Waals surface area contributed by atoms with Gasteiger partial charge in [-0.05, 0) is 41.7 Å². The lowest BCUT2D eigenvalue weighted by Crippen LogP contribution is -2.22. The van der Waals surface area contributed by atoms with Crippen LogP contribution in [-0.2, 0) is 20.7 Å². The van der Waals surface area contributed by atoms with Crippen molar-refractivity contribution < 1.29 is 14.3 Å². The molecule has 0 saturated carbocycles. The molecule has 138 valence electrons. The third kappa shape index (κ3) is 5.75. The van der Waals surface area contributed by atoms with E-state index in [4.69, 9.17) is 27.9 Å². The van der Waals surface area contributed by atoms with Crippen molar-refractivity contribution in [2.75, 3.05) is 11.9 Å². The van der Waals surface area contributed by atoms with E-state index in [-0.39, 0.29) is 18.9 Å². The largest absolute Gasteiger partial charge is 0.455 e. The smallest absolute Gasteiger partial charge is 0.310 e. The third-order valence-corrected chi connectivity index (χ3v) is 4.81. The van der Waals surface area contributed by atoms with Crippen LogP contribution in [0.25, 0.3) is 0 Å². The van der Waals surface area contributed by atoms with E-state index in [1.165, 1.54) is 0 Å². The monoisotopic (exact) mass is 393 g/mol. The van der Waals surface area contributed by atoms with Gasteiger partial charge in [-0.25, -0.2) is 0 Å². The van der Waals surface area contributed by atoms with Crippen molar-refractivity contribution in [2.24, 2.45) is 0 Å². The zero-order valence-electron chi connectivity index (χ0n) is 14.7. The SMILES string of the molecule is CC[C@@H](C)c1ccccc1NC(=O)COC(=O)Cc1ccc(Cl)c(Cl)c1. The molecule has 0 aliphatic carbocycles. The minimum atomic E-state index is -0.506. The number of para-hydroxylation sites is 1. The van der Waals surface area contributed by atoms with Crippen molar-refractivity contribution in [3.8, 4) is 0 Å². The first-order valence-electron chi connectivity index (χ1n) is 8.39. The molecule has 0 heterocycles. The first-order valence-corrected chi connectivity index (χ1v) is 9.14. The van der Waals surface area contributed by atoms with Crippen LogP contribution in [0.3, 0.4) is 0 Å². The number of halogens is 2. The lowest BCUT2D eigenvalue weighted by molar-refractivity contribution is -0.146. The van der Waals surface area contributed by atoms with Gasteiger partial charge in [0.25, 0.3) is 5.91 Å². The van der Waals surface area contributed by atoms with Crippen molar-refractivity contribution in [1.82, 2.24) is 0 Å². The highest BCUT2D eigenvalue weighted by atomic mass is 35.5. The van der Waals surface area contributed by atoms with Gasteiger partial charge in [-0.2, -0.15) is 0 Å². The Labute approximate surface area is 163 Å². The first-order chi connectivity index (χ1) is 12.4. The summed E-state index contributed by atoms with van der Waals surface area (Å²) >= 11 is 11.8. The van der Waals surface area contributed by atoms with Crippen LogP contribution in [0.4, 0.5) is 5.69 Å². The van der Waals surface area contributed by atoms with Gasteiger partial charge in [-0.3, -0.25) is 9.59 Å². The quantitative estimate of drug-likeness (QED) is 0.654. The summed E-state index contributed by atoms with van der Waals surface area (Å²) in [7, 11) is 0. The number of hydrogen-bond donors (Lipinski definition) is 1. The van der Waals surface area contributed by atoms with E-state index in [0.29, 0.717) is 21.5 Å². The second kappa shape index (κ2) is 9.60. The van der Waals surface area contributed by atoms with E-state index < -0.39 is 5.97 Å². The van der Waals surface area contributed by atoms with Crippen LogP contribution in [-0.4, -0.2) is 18.5 Å². The molecule has 2 rings (SSSR count). The molecule has 0 bridgehead atoms. The Kier molecular flexibility index (Phi) is 7.49. The summed E-state index contributed by atoms with van der Waals surface area (Å²) in [5.74, 6) is -0.555. The maximum atomic E-state index is 12.1. The highest BCUT2D eigenvalue weighted by Crippen LogP contribution is 2.26. The van der Waals surface area contributed by atoms with E-state index >= 15 is 0 Å². The lowest BCUT2D eigenvalue weighted by atomic mass is 9.97. The molecule has 0 spiro atoms. The minimum absolute atomic E-state index is 0.0215. The zero-order valence-corrected chi connectivity index (χ0v) is 16.2. The predicted octanol–water partition coefficient (Wildman–Crippen LogP) is 5.23. The van der Waals surface area contributed by atoms with Gasteiger partial charge in [0.2, 0.25) is 0 Å². The van der Waals surface area contributed by atoms with Crippen LogP contribution in [0.5, 0.6) is 0 Å². The highest BCUT2D eigenvalue weighted by molar-refractivity contribution is 6.42. The van der Waals surface area contributed by atoms with E-state index in [1.807, 2.05) is 24.3 Å². The average Bonchev–Trinajstić information content (AvgIpc) is 2.63. The molecule has 6 heteroatoms. The van der Waals surface area contributed by atoms with Gasteiger partial charge >= 0.3 is 5.97 Å². The van der Waals surface area contributed by atoms with Crippen LogP contribution >= 0.6 is 23.2 Å². The highest BCUT2D eigenvalue weighted by Gasteiger charge is 2.13. The Morgan fingerprint density at radius 1 is 1.12 bits per heavy atom. The van der Waals surface area contributed by atoms with Gasteiger partial charge in [0, 0.05) is 5.69 Å². The topological polar surface area (TPSA) is 55.4 Å². The normalized spacial score (nSPS) is 11.7. The predicted molar refractivity (Wildman–Crippen MR) is 105 cm³/mol. The van der Waals surface area contributed by atoms with Crippen LogP contribution in [0.15, 0.2) is 42.5 Å². The van der Waals surface area contributed by atoms with Crippen molar-refractivity contribution in [1.29, 1.82) is 0 Å². The van der Waals surface area contributed by atoms with E-state index in [1.54, 1.807) is 18.2 Å². The second-order valence-corrected chi connectivity index (χ2v) is 6.85. The number of hydrogen-bond acceptors (Lipinski definition) is 3. The fraction of sp³-hybridized carbons (Fsp3) is 0.300. The molecule has 0 aliphatic rings. The Morgan fingerprint density at radius 3 is 2.54 bits per heavy atom. The summed E-state index contributed by atoms with van der Waals surface area (Å²) < 4.78 is 5.05. The zero-order chi connectivity index (χ0) is 19.1. The molecule has 1 N–H and O–H groups in total. The fourth-order valence-corrected chi connectivity index (χ4v) is 2.78. The Morgan fingerprint density at radius 2 is 1.85 bits per heavy atom. The minimum Gasteiger partial charge on any atom is -0.455 e. The van der Waals surface area contributed by atoms with Gasteiger partial charge in [-0.15, -0.1) is 0 Å². The number of rotatable bonds is 7. The molecule has 4 nitrogen and oxygen atoms in total. The van der Waals surface area contributed by atoms with Gasteiger partial charge in [0.1, 0.15) is 0 Å². The van der Waals surface area contributed by atoms with Crippen LogP contribution in [0.2, 0.25) is 10.0 Å². The van der Waals surface area contributed by atoms with Gasteiger partial charge < -0.3 is 10.1 Å². The summed E-state index contributed by atoms with van der Waals surface area (Å²) in [5.41, 5.74) is 2.48. The molecule has 0 saturated heterocycles. The number of ether oxygens (including phenoxy) is 1. The third-order valence-electron chi connectivity index (χ3n) is 4.07. The maximum absolute atomic E-state index is 12.1. The van der Waals surface area contributed by atoms with Crippen LogP contribution in [0.1, 0.15) is 37.3 Å². The van der Waals surface area contributed by atoms with Crippen molar-refractivity contribution in [3.63, 3.8) is 0 Å². The van der Waals surface area contributed by atoms with Crippen molar-refractivity contribution >= 4 is 40.8 Å². The summed E-state index contributed by atoms with van der Waals surface area (Å²) in [6, 6.07) is 12.5. The number of anilines is 1. The molecule has 1 atom stereocenters. The molecule has 0 aliphatic heterocycles. The number of esters is 1. The Bertz CT molecular complexity index is 792. The van der Waals surface area contributed by atoms with E-state index in [2.05, 4.69) is 19.2 Å². The molecule has 0 fully saturated rings. The Hall–Kier alpha value is -2.04. The molecule has 0 radical (unpaired) electrons. The summed E-state index contributed by atoms with van der Waals surface area (Å²) in [5, 5.41) is 3.60. The van der Waals surface area contributed by atoms with Crippen LogP contribution in [0, 0.1) is 0 Å². The molecule has 2 aromatic rings. The second-order valence-electron chi connectivity index (χ2n) is 6.03. The number of carbonyl (C=O) groups excluding carboxylic acids is 2. The average molecular weight is 394 g/mol. The Balaban J connectivity index is 1.89. The van der Waals surface area contributed by atoms with Gasteiger partial charge in [0.15, 0.2) is 6.61 Å². The van der Waals surface area contributed by atoms with Crippen molar-refractivity contribution in [2.45, 2.75) is 32.6 Å². The van der Waals surface area contributed by atoms with Crippen molar-refractivity contribution in [3.05, 3.63) is 63.6 Å². The fourth-order valence-electron chi connectivity index (χ4n) is 2.46. The molecular weight excluding hydrogens is 373 g/mol. The van der Waals surface area contributed by atoms with Crippen LogP contribution < -0.4 is 5.32 Å². The summed E-state index contributed by atoms with van der Waals surface area (Å²) in [4.78, 5) is 24.0. The number of carbonyl (C=O) groups is 2. The van der Waals surface area contributed by atoms with Gasteiger partial charge in [0.05, 0.1) is 16.5 Å². The lowest BCUT2D eigenvalue weighted by Gasteiger charge is -2.15. The molecule has 0 aromatic heterocycles. The molecule has 1 amide bonds. The standard InChI is InChI=1S/C20H21Cl2NO3/c1-3-13(2)15-6-4-5-7-18(15)23-19(24)12-26-20(25)11-14-8-9-16(21)17(22)10-14/h4-10,13H,3,11-12H2,1-2H3,(H,23,24)/t13-/m1/s1. The summed E-state index contributed by atoms with van der Waals surface area (Å²) in [6.07, 6.45) is 0.985. The number of benzene rings is 2. The summed E-state index contributed by atoms with van der Waals surface area (Å²) in [6.45, 7) is 3.85. The first kappa shape index (κ1) is 20.3. The number of amides is 1. The number of nitrogens with one attached hydrogen (secondary N) is 1. The molecule has 26 heavy (non-hydrogen) atoms. The molecular formula is C20H21Cl2NO3. The molecule has 2 aromatic carbocycles. The van der Waals surface area contributed by atoms with E-state index in [0.717, 1.165) is 17.7 Å².